The third kappa shape index (κ3) is 3.81. The highest BCUT2D eigenvalue weighted by molar-refractivity contribution is 5.00. The summed E-state index contributed by atoms with van der Waals surface area (Å²) in [6.45, 7) is 12.9. The molecule has 0 bridgehead atoms. The summed E-state index contributed by atoms with van der Waals surface area (Å²) in [5.74, 6) is 0. The van der Waals surface area contributed by atoms with Gasteiger partial charge in [-0.05, 0) is 38.4 Å². The number of rotatable bonds is 5. The zero-order valence-corrected chi connectivity index (χ0v) is 9.68. The number of hydrogen-bond donors (Lipinski definition) is 1. The minimum Gasteiger partial charge on any atom is -0.313 e. The van der Waals surface area contributed by atoms with Gasteiger partial charge in [-0.25, -0.2) is 0 Å². The van der Waals surface area contributed by atoms with Crippen LogP contribution in [0, 0.1) is 0 Å². The summed E-state index contributed by atoms with van der Waals surface area (Å²) in [7, 11) is 0. The van der Waals surface area contributed by atoms with E-state index in [4.69, 9.17) is 0 Å². The molecular weight excluding hydrogens is 172 g/mol. The molecule has 1 unspecified atom stereocenters. The van der Waals surface area contributed by atoms with Gasteiger partial charge in [0, 0.05) is 19.1 Å². The van der Waals surface area contributed by atoms with Crippen LogP contribution in [0.2, 0.25) is 0 Å². The van der Waals surface area contributed by atoms with E-state index in [1.54, 1.807) is 0 Å². The molecule has 0 aliphatic carbocycles. The predicted molar refractivity (Wildman–Crippen MR) is 62.6 cm³/mol. The molecule has 0 saturated carbocycles. The molecule has 2 nitrogen and oxygen atoms in total. The number of piperidine rings is 1. The lowest BCUT2D eigenvalue weighted by atomic mass is 10.0. The second-order valence-corrected chi connectivity index (χ2v) is 4.35. The van der Waals surface area contributed by atoms with E-state index in [9.17, 15) is 0 Å². The first kappa shape index (κ1) is 11.7. The second kappa shape index (κ2) is 6.20. The van der Waals surface area contributed by atoms with Gasteiger partial charge in [-0.2, -0.15) is 0 Å². The van der Waals surface area contributed by atoms with Gasteiger partial charge in [0.25, 0.3) is 0 Å². The van der Waals surface area contributed by atoms with Gasteiger partial charge in [-0.3, -0.25) is 4.90 Å². The van der Waals surface area contributed by atoms with Crippen molar-refractivity contribution in [3.63, 3.8) is 0 Å². The van der Waals surface area contributed by atoms with Gasteiger partial charge in [-0.15, -0.1) is 0 Å². The maximum absolute atomic E-state index is 4.12. The summed E-state index contributed by atoms with van der Waals surface area (Å²) >= 11 is 0. The molecule has 0 spiro atoms. The van der Waals surface area contributed by atoms with Crippen LogP contribution in [-0.2, 0) is 0 Å². The van der Waals surface area contributed by atoms with E-state index in [2.05, 4.69) is 30.6 Å². The number of nitrogens with zero attached hydrogens (tertiary/aromatic N) is 1. The van der Waals surface area contributed by atoms with Crippen LogP contribution < -0.4 is 5.32 Å². The van der Waals surface area contributed by atoms with E-state index < -0.39 is 0 Å². The number of hydrogen-bond acceptors (Lipinski definition) is 2. The minimum atomic E-state index is 0.752. The van der Waals surface area contributed by atoms with Crippen molar-refractivity contribution in [2.24, 2.45) is 0 Å². The first-order chi connectivity index (χ1) is 6.74. The summed E-state index contributed by atoms with van der Waals surface area (Å²) in [6, 6.07) is 0.752. The third-order valence-electron chi connectivity index (χ3n) is 2.99. The fourth-order valence-electron chi connectivity index (χ4n) is 2.04. The van der Waals surface area contributed by atoms with Gasteiger partial charge >= 0.3 is 0 Å². The molecule has 0 amide bonds. The maximum Gasteiger partial charge on any atom is 0.0205 e. The molecule has 1 saturated heterocycles. The smallest absolute Gasteiger partial charge is 0.0205 e. The van der Waals surface area contributed by atoms with Gasteiger partial charge in [0.05, 0.1) is 0 Å². The standard InChI is InChI=1S/C12H24N2/c1-4-13-9-11(2)10-14-8-6-5-7-12(14)3/h12-13H,2,4-10H2,1,3H3. The van der Waals surface area contributed by atoms with Crippen LogP contribution in [-0.4, -0.2) is 37.1 Å². The molecule has 1 fully saturated rings. The van der Waals surface area contributed by atoms with E-state index in [0.717, 1.165) is 25.7 Å². The molecule has 1 rings (SSSR count). The molecule has 0 aromatic rings. The van der Waals surface area contributed by atoms with E-state index in [0.29, 0.717) is 0 Å². The molecule has 0 aromatic heterocycles. The average molecular weight is 196 g/mol. The highest BCUT2D eigenvalue weighted by atomic mass is 15.2. The van der Waals surface area contributed by atoms with Crippen LogP contribution in [0.1, 0.15) is 33.1 Å². The van der Waals surface area contributed by atoms with E-state index in [1.807, 2.05) is 0 Å². The van der Waals surface area contributed by atoms with Crippen molar-refractivity contribution < 1.29 is 0 Å². The molecule has 14 heavy (non-hydrogen) atoms. The molecular formula is C12H24N2. The molecule has 1 N–H and O–H groups in total. The van der Waals surface area contributed by atoms with E-state index in [1.165, 1.54) is 31.4 Å². The molecule has 0 aromatic carbocycles. The van der Waals surface area contributed by atoms with Crippen LogP contribution in [0.5, 0.6) is 0 Å². The first-order valence-electron chi connectivity index (χ1n) is 5.85. The summed E-state index contributed by atoms with van der Waals surface area (Å²) in [5.41, 5.74) is 1.32. The molecule has 1 heterocycles. The van der Waals surface area contributed by atoms with E-state index in [-0.39, 0.29) is 0 Å². The SMILES string of the molecule is C=C(CNCC)CN1CCCCC1C. The molecule has 2 heteroatoms. The number of likely N-dealkylation sites (N-methyl/N-ethyl adjacent to an activating group) is 1. The number of nitrogens with one attached hydrogen (secondary N) is 1. The molecule has 1 atom stereocenters. The Bertz CT molecular complexity index is 177. The summed E-state index contributed by atoms with van der Waals surface area (Å²) in [5, 5.41) is 3.33. The lowest BCUT2D eigenvalue weighted by Gasteiger charge is -2.33. The highest BCUT2D eigenvalue weighted by Gasteiger charge is 2.17. The molecule has 1 aliphatic heterocycles. The fraction of sp³-hybridized carbons (Fsp3) is 0.833. The first-order valence-corrected chi connectivity index (χ1v) is 5.85. The van der Waals surface area contributed by atoms with Gasteiger partial charge < -0.3 is 5.32 Å². The monoisotopic (exact) mass is 196 g/mol. The zero-order chi connectivity index (χ0) is 10.4. The van der Waals surface area contributed by atoms with Gasteiger partial charge in [0.2, 0.25) is 0 Å². The Morgan fingerprint density at radius 3 is 2.93 bits per heavy atom. The van der Waals surface area contributed by atoms with Crippen molar-refractivity contribution >= 4 is 0 Å². The van der Waals surface area contributed by atoms with Crippen molar-refractivity contribution in [1.82, 2.24) is 10.2 Å². The summed E-state index contributed by atoms with van der Waals surface area (Å²) in [4.78, 5) is 2.56. The Morgan fingerprint density at radius 1 is 1.50 bits per heavy atom. The Morgan fingerprint density at radius 2 is 2.29 bits per heavy atom. The second-order valence-electron chi connectivity index (χ2n) is 4.35. The highest BCUT2D eigenvalue weighted by Crippen LogP contribution is 2.16. The fourth-order valence-corrected chi connectivity index (χ4v) is 2.04. The van der Waals surface area contributed by atoms with E-state index >= 15 is 0 Å². The quantitative estimate of drug-likeness (QED) is 0.677. The van der Waals surface area contributed by atoms with Crippen LogP contribution in [0.25, 0.3) is 0 Å². The van der Waals surface area contributed by atoms with Crippen LogP contribution in [0.15, 0.2) is 12.2 Å². The van der Waals surface area contributed by atoms with Crippen molar-refractivity contribution in [3.8, 4) is 0 Å². The Labute approximate surface area is 88.4 Å². The summed E-state index contributed by atoms with van der Waals surface area (Å²) in [6.07, 6.45) is 4.12. The van der Waals surface area contributed by atoms with Gasteiger partial charge in [-0.1, -0.05) is 19.9 Å². The van der Waals surface area contributed by atoms with Gasteiger partial charge in [0.15, 0.2) is 0 Å². The van der Waals surface area contributed by atoms with Crippen molar-refractivity contribution in [3.05, 3.63) is 12.2 Å². The largest absolute Gasteiger partial charge is 0.313 e. The molecule has 0 radical (unpaired) electrons. The molecule has 82 valence electrons. The Kier molecular flexibility index (Phi) is 5.20. The third-order valence-corrected chi connectivity index (χ3v) is 2.99. The van der Waals surface area contributed by atoms with Crippen LogP contribution >= 0.6 is 0 Å². The lowest BCUT2D eigenvalue weighted by Crippen LogP contribution is -2.39. The topological polar surface area (TPSA) is 15.3 Å². The minimum absolute atomic E-state index is 0.752. The maximum atomic E-state index is 4.12. The number of likely N-dealkylation sites (tertiary alicyclic amines) is 1. The zero-order valence-electron chi connectivity index (χ0n) is 9.68. The van der Waals surface area contributed by atoms with Crippen molar-refractivity contribution in [2.45, 2.75) is 39.2 Å². The van der Waals surface area contributed by atoms with Crippen LogP contribution in [0.4, 0.5) is 0 Å². The van der Waals surface area contributed by atoms with Crippen molar-refractivity contribution in [1.29, 1.82) is 0 Å². The molecule has 1 aliphatic rings. The Balaban J connectivity index is 2.23. The summed E-state index contributed by atoms with van der Waals surface area (Å²) < 4.78 is 0. The average Bonchev–Trinajstić information content (AvgIpc) is 2.18. The van der Waals surface area contributed by atoms with Gasteiger partial charge in [0.1, 0.15) is 0 Å². The van der Waals surface area contributed by atoms with Crippen molar-refractivity contribution in [2.75, 3.05) is 26.2 Å². The predicted octanol–water partition coefficient (Wildman–Crippen LogP) is 2.03. The Hall–Kier alpha value is -0.340. The lowest BCUT2D eigenvalue weighted by molar-refractivity contribution is 0.174. The normalized spacial score (nSPS) is 23.7. The van der Waals surface area contributed by atoms with Crippen LogP contribution in [0.3, 0.4) is 0 Å².